The Balaban J connectivity index is 2.28. The van der Waals surface area contributed by atoms with E-state index >= 15 is 0 Å². The average Bonchev–Trinajstić information content (AvgIpc) is 2.75. The SMILES string of the molecule is O=Cc1cccn1Cc1cccc(C(F)(F)F)c1. The van der Waals surface area contributed by atoms with Gasteiger partial charge in [0, 0.05) is 12.7 Å². The molecule has 0 atom stereocenters. The number of aldehydes is 1. The lowest BCUT2D eigenvalue weighted by Gasteiger charge is -2.10. The van der Waals surface area contributed by atoms with Gasteiger partial charge in [-0.2, -0.15) is 13.2 Å². The summed E-state index contributed by atoms with van der Waals surface area (Å²) in [7, 11) is 0. The van der Waals surface area contributed by atoms with Crippen molar-refractivity contribution < 1.29 is 18.0 Å². The molecule has 0 N–H and O–H groups in total. The highest BCUT2D eigenvalue weighted by Gasteiger charge is 2.30. The molecule has 2 nitrogen and oxygen atoms in total. The second kappa shape index (κ2) is 4.68. The molecular formula is C13H10F3NO. The summed E-state index contributed by atoms with van der Waals surface area (Å²) < 4.78 is 39.2. The number of carbonyl (C=O) groups excluding carboxylic acids is 1. The lowest BCUT2D eigenvalue weighted by molar-refractivity contribution is -0.137. The Morgan fingerprint density at radius 2 is 1.94 bits per heavy atom. The van der Waals surface area contributed by atoms with Crippen molar-refractivity contribution in [2.24, 2.45) is 0 Å². The van der Waals surface area contributed by atoms with Crippen LogP contribution in [-0.2, 0) is 12.7 Å². The molecule has 0 fully saturated rings. The van der Waals surface area contributed by atoms with Crippen LogP contribution in [0.3, 0.4) is 0 Å². The lowest BCUT2D eigenvalue weighted by atomic mass is 10.1. The summed E-state index contributed by atoms with van der Waals surface area (Å²) in [6.45, 7) is 0.241. The minimum Gasteiger partial charge on any atom is -0.341 e. The highest BCUT2D eigenvalue weighted by atomic mass is 19.4. The van der Waals surface area contributed by atoms with E-state index in [0.717, 1.165) is 12.1 Å². The minimum atomic E-state index is -4.35. The summed E-state index contributed by atoms with van der Waals surface area (Å²) in [6, 6.07) is 8.37. The zero-order chi connectivity index (χ0) is 13.2. The lowest BCUT2D eigenvalue weighted by Crippen LogP contribution is -2.07. The van der Waals surface area contributed by atoms with Crippen LogP contribution >= 0.6 is 0 Å². The molecule has 0 aliphatic rings. The number of hydrogen-bond acceptors (Lipinski definition) is 1. The third-order valence-corrected chi connectivity index (χ3v) is 2.59. The van der Waals surface area contributed by atoms with Crippen LogP contribution in [0.15, 0.2) is 42.6 Å². The third-order valence-electron chi connectivity index (χ3n) is 2.59. The quantitative estimate of drug-likeness (QED) is 0.769. The second-order valence-corrected chi connectivity index (χ2v) is 3.88. The van der Waals surface area contributed by atoms with Gasteiger partial charge in [-0.1, -0.05) is 12.1 Å². The molecule has 0 aliphatic heterocycles. The van der Waals surface area contributed by atoms with Crippen molar-refractivity contribution in [3.05, 3.63) is 59.4 Å². The maximum atomic E-state index is 12.5. The molecule has 0 amide bonds. The molecule has 5 heteroatoms. The zero-order valence-electron chi connectivity index (χ0n) is 9.32. The Labute approximate surface area is 102 Å². The molecule has 0 bridgehead atoms. The van der Waals surface area contributed by atoms with Crippen LogP contribution < -0.4 is 0 Å². The third kappa shape index (κ3) is 2.61. The fourth-order valence-corrected chi connectivity index (χ4v) is 1.72. The number of aromatic nitrogens is 1. The molecule has 0 saturated heterocycles. The molecule has 0 saturated carbocycles. The minimum absolute atomic E-state index is 0.241. The monoisotopic (exact) mass is 253 g/mol. The Morgan fingerprint density at radius 3 is 2.61 bits per heavy atom. The first-order chi connectivity index (χ1) is 8.50. The molecular weight excluding hydrogens is 243 g/mol. The predicted octanol–water partition coefficient (Wildman–Crippen LogP) is 3.37. The second-order valence-electron chi connectivity index (χ2n) is 3.88. The van der Waals surface area contributed by atoms with Gasteiger partial charge in [-0.05, 0) is 29.8 Å². The smallest absolute Gasteiger partial charge is 0.341 e. The number of hydrogen-bond donors (Lipinski definition) is 0. The molecule has 0 aliphatic carbocycles. The number of halogens is 3. The standard InChI is InChI=1S/C13H10F3NO/c14-13(15,16)11-4-1-3-10(7-11)8-17-6-2-5-12(17)9-18/h1-7,9H,8H2. The average molecular weight is 253 g/mol. The van der Waals surface area contributed by atoms with Crippen molar-refractivity contribution in [3.63, 3.8) is 0 Å². The summed E-state index contributed by atoms with van der Waals surface area (Å²) in [5.74, 6) is 0. The fourth-order valence-electron chi connectivity index (χ4n) is 1.72. The van der Waals surface area contributed by atoms with Crippen LogP contribution in [0.1, 0.15) is 21.6 Å². The van der Waals surface area contributed by atoms with E-state index in [2.05, 4.69) is 0 Å². The van der Waals surface area contributed by atoms with E-state index in [4.69, 9.17) is 0 Å². The van der Waals surface area contributed by atoms with E-state index in [0.29, 0.717) is 17.5 Å². The van der Waals surface area contributed by atoms with E-state index in [1.54, 1.807) is 29.0 Å². The van der Waals surface area contributed by atoms with E-state index in [-0.39, 0.29) is 6.54 Å². The van der Waals surface area contributed by atoms with Gasteiger partial charge in [0.25, 0.3) is 0 Å². The highest BCUT2D eigenvalue weighted by Crippen LogP contribution is 2.29. The van der Waals surface area contributed by atoms with Crippen molar-refractivity contribution >= 4 is 6.29 Å². The number of benzene rings is 1. The first-order valence-electron chi connectivity index (χ1n) is 5.27. The zero-order valence-corrected chi connectivity index (χ0v) is 9.32. The van der Waals surface area contributed by atoms with Crippen molar-refractivity contribution in [2.45, 2.75) is 12.7 Å². The van der Waals surface area contributed by atoms with E-state index in [1.165, 1.54) is 6.07 Å². The molecule has 1 heterocycles. The number of carbonyl (C=O) groups is 1. The number of rotatable bonds is 3. The predicted molar refractivity (Wildman–Crippen MR) is 60.4 cm³/mol. The van der Waals surface area contributed by atoms with Gasteiger partial charge < -0.3 is 4.57 Å². The number of alkyl halides is 3. The first kappa shape index (κ1) is 12.4. The van der Waals surface area contributed by atoms with Crippen LogP contribution in [0.5, 0.6) is 0 Å². The van der Waals surface area contributed by atoms with Gasteiger partial charge in [0.1, 0.15) is 0 Å². The van der Waals surface area contributed by atoms with Gasteiger partial charge in [-0.15, -0.1) is 0 Å². The molecule has 1 aromatic carbocycles. The van der Waals surface area contributed by atoms with Crippen LogP contribution in [0, 0.1) is 0 Å². The van der Waals surface area contributed by atoms with Crippen molar-refractivity contribution in [3.8, 4) is 0 Å². The summed E-state index contributed by atoms with van der Waals surface area (Å²) >= 11 is 0. The Kier molecular flexibility index (Phi) is 3.23. The Hall–Kier alpha value is -2.04. The molecule has 94 valence electrons. The van der Waals surface area contributed by atoms with Gasteiger partial charge in [-0.25, -0.2) is 0 Å². The van der Waals surface area contributed by atoms with Crippen molar-refractivity contribution in [2.75, 3.05) is 0 Å². The van der Waals surface area contributed by atoms with Gasteiger partial charge in [0.05, 0.1) is 11.3 Å². The van der Waals surface area contributed by atoms with Crippen molar-refractivity contribution in [1.29, 1.82) is 0 Å². The van der Waals surface area contributed by atoms with E-state index in [1.807, 2.05) is 0 Å². The van der Waals surface area contributed by atoms with Crippen LogP contribution in [0.4, 0.5) is 13.2 Å². The molecule has 18 heavy (non-hydrogen) atoms. The van der Waals surface area contributed by atoms with E-state index < -0.39 is 11.7 Å². The van der Waals surface area contributed by atoms with Crippen LogP contribution in [0.25, 0.3) is 0 Å². The summed E-state index contributed by atoms with van der Waals surface area (Å²) in [4.78, 5) is 10.7. The van der Waals surface area contributed by atoms with Crippen LogP contribution in [-0.4, -0.2) is 10.9 Å². The number of nitrogens with zero attached hydrogens (tertiary/aromatic N) is 1. The van der Waals surface area contributed by atoms with Gasteiger partial charge in [0.15, 0.2) is 6.29 Å². The maximum Gasteiger partial charge on any atom is 0.416 e. The molecule has 0 radical (unpaired) electrons. The molecule has 0 spiro atoms. The Morgan fingerprint density at radius 1 is 1.17 bits per heavy atom. The van der Waals surface area contributed by atoms with Crippen LogP contribution in [0.2, 0.25) is 0 Å². The Bertz CT molecular complexity index is 557. The maximum absolute atomic E-state index is 12.5. The van der Waals surface area contributed by atoms with Gasteiger partial charge >= 0.3 is 6.18 Å². The van der Waals surface area contributed by atoms with E-state index in [9.17, 15) is 18.0 Å². The molecule has 2 rings (SSSR count). The largest absolute Gasteiger partial charge is 0.416 e. The fraction of sp³-hybridized carbons (Fsp3) is 0.154. The normalized spacial score (nSPS) is 11.5. The van der Waals surface area contributed by atoms with Gasteiger partial charge in [0.2, 0.25) is 0 Å². The summed E-state index contributed by atoms with van der Waals surface area (Å²) in [5.41, 5.74) is 0.261. The summed E-state index contributed by atoms with van der Waals surface area (Å²) in [6.07, 6.45) is -2.02. The van der Waals surface area contributed by atoms with Gasteiger partial charge in [-0.3, -0.25) is 4.79 Å². The summed E-state index contributed by atoms with van der Waals surface area (Å²) in [5, 5.41) is 0. The highest BCUT2D eigenvalue weighted by molar-refractivity contribution is 5.72. The molecule has 0 unspecified atom stereocenters. The first-order valence-corrected chi connectivity index (χ1v) is 5.27. The topological polar surface area (TPSA) is 22.0 Å². The molecule has 2 aromatic rings. The molecule has 1 aromatic heterocycles. The van der Waals surface area contributed by atoms with Crippen molar-refractivity contribution in [1.82, 2.24) is 4.57 Å².